The van der Waals surface area contributed by atoms with Crippen LogP contribution in [0.15, 0.2) is 156 Å². The van der Waals surface area contributed by atoms with E-state index >= 15 is 0 Å². The minimum absolute atomic E-state index is 0.613. The molecule has 5 heteroatoms. The van der Waals surface area contributed by atoms with E-state index < -0.39 is 0 Å². The van der Waals surface area contributed by atoms with Gasteiger partial charge in [-0.25, -0.2) is 15.0 Å². The van der Waals surface area contributed by atoms with Crippen molar-refractivity contribution in [2.75, 3.05) is 0 Å². The first kappa shape index (κ1) is 27.5. The number of nitrogens with zero attached hydrogens (tertiary/aromatic N) is 3. The molecule has 0 fully saturated rings. The second-order valence-corrected chi connectivity index (χ2v) is 13.9. The predicted molar refractivity (Wildman–Crippen MR) is 210 cm³/mol. The standard InChI is InChI=1S/C45H25N3OS/c1-2-14-32-28-21-22-37-36(25-28)41-35(17-7-18-38(41)49-37)45-47-43(29-11-5-9-26(23-29)31(32)13-1)46-44(48-45)30-12-6-10-27(24-30)33-16-8-20-40-42(33)34-15-3-4-19-39(34)50-40/h1-25H. The molecule has 4 aromatic heterocycles. The second kappa shape index (κ2) is 10.5. The highest BCUT2D eigenvalue weighted by Gasteiger charge is 2.15. The predicted octanol–water partition coefficient (Wildman–Crippen LogP) is 12.6. The third-order valence-electron chi connectivity index (χ3n) is 9.88. The number of thiophene rings is 1. The van der Waals surface area contributed by atoms with E-state index in [0.29, 0.717) is 17.1 Å². The van der Waals surface area contributed by atoms with Gasteiger partial charge in [0.05, 0.1) is 0 Å². The summed E-state index contributed by atoms with van der Waals surface area (Å²) in [7, 11) is 0. The molecule has 4 heterocycles. The fourth-order valence-electron chi connectivity index (χ4n) is 7.59. The summed E-state index contributed by atoms with van der Waals surface area (Å²) in [6, 6.07) is 53.5. The molecule has 11 rings (SSSR count). The average Bonchev–Trinajstić information content (AvgIpc) is 3.76. The largest absolute Gasteiger partial charge is 0.456 e. The van der Waals surface area contributed by atoms with Gasteiger partial charge in [-0.15, -0.1) is 11.3 Å². The SMILES string of the molecule is c1cc(-c2nc3nc(n2)c2cccc4oc5ccc(cc5c42)c2ccccc2c2cccc3c2)cc(-c2cccc3sc4ccccc4c23)c1. The average molecular weight is 656 g/mol. The van der Waals surface area contributed by atoms with E-state index in [0.717, 1.165) is 65.4 Å². The van der Waals surface area contributed by atoms with Crippen molar-refractivity contribution in [2.45, 2.75) is 0 Å². The molecule has 232 valence electrons. The Morgan fingerprint density at radius 2 is 1.10 bits per heavy atom. The van der Waals surface area contributed by atoms with Crippen LogP contribution < -0.4 is 0 Å². The van der Waals surface area contributed by atoms with Crippen LogP contribution in [-0.2, 0) is 0 Å². The molecular formula is C45H25N3OS. The van der Waals surface area contributed by atoms with E-state index in [1.54, 1.807) is 0 Å². The lowest BCUT2D eigenvalue weighted by atomic mass is 9.98. The Morgan fingerprint density at radius 3 is 2.02 bits per heavy atom. The molecule has 50 heavy (non-hydrogen) atoms. The molecule has 0 N–H and O–H groups in total. The lowest BCUT2D eigenvalue weighted by Gasteiger charge is -2.08. The van der Waals surface area contributed by atoms with E-state index in [2.05, 4.69) is 140 Å². The lowest BCUT2D eigenvalue weighted by molar-refractivity contribution is 0.669. The van der Waals surface area contributed by atoms with Crippen LogP contribution in [-0.4, -0.2) is 15.0 Å². The first-order valence-electron chi connectivity index (χ1n) is 16.7. The fraction of sp³-hybridized carbons (Fsp3) is 0. The van der Waals surface area contributed by atoms with Crippen LogP contribution in [0.1, 0.15) is 0 Å². The Labute approximate surface area is 289 Å². The molecule has 0 aliphatic carbocycles. The van der Waals surface area contributed by atoms with Gasteiger partial charge in [0.2, 0.25) is 0 Å². The maximum absolute atomic E-state index is 6.42. The summed E-state index contributed by atoms with van der Waals surface area (Å²) in [6.45, 7) is 0. The molecule has 0 radical (unpaired) electrons. The summed E-state index contributed by atoms with van der Waals surface area (Å²) in [5.41, 5.74) is 6.14. The summed E-state index contributed by atoms with van der Waals surface area (Å²) in [6.07, 6.45) is 0. The van der Waals surface area contributed by atoms with Gasteiger partial charge < -0.3 is 4.42 Å². The fourth-order valence-corrected chi connectivity index (χ4v) is 8.72. The summed E-state index contributed by atoms with van der Waals surface area (Å²) in [4.78, 5) is 15.6. The number of rotatable bonds is 2. The highest BCUT2D eigenvalue weighted by Crippen LogP contribution is 2.41. The van der Waals surface area contributed by atoms with E-state index in [1.807, 2.05) is 23.5 Å². The number of hydrogen-bond donors (Lipinski definition) is 0. The van der Waals surface area contributed by atoms with Gasteiger partial charge in [0.15, 0.2) is 17.1 Å². The molecule has 0 amide bonds. The zero-order valence-corrected chi connectivity index (χ0v) is 27.4. The van der Waals surface area contributed by atoms with Gasteiger partial charge in [-0.2, -0.15) is 0 Å². The Balaban J connectivity index is 1.26. The third-order valence-corrected chi connectivity index (χ3v) is 11.0. The zero-order chi connectivity index (χ0) is 32.8. The number of hydrogen-bond acceptors (Lipinski definition) is 5. The number of fused-ring (bicyclic) bond motifs is 13. The molecule has 0 saturated heterocycles. The molecule has 6 bridgehead atoms. The normalized spacial score (nSPS) is 12.0. The van der Waals surface area contributed by atoms with Gasteiger partial charge in [0.25, 0.3) is 0 Å². The summed E-state index contributed by atoms with van der Waals surface area (Å²) in [5, 5.41) is 11.0. The quantitative estimate of drug-likeness (QED) is 0.186. The molecule has 0 aliphatic heterocycles. The van der Waals surface area contributed by atoms with Crippen LogP contribution >= 0.6 is 11.3 Å². The zero-order valence-electron chi connectivity index (χ0n) is 26.6. The van der Waals surface area contributed by atoms with Gasteiger partial charge in [-0.05, 0) is 75.1 Å². The van der Waals surface area contributed by atoms with Crippen molar-refractivity contribution in [1.82, 2.24) is 15.0 Å². The van der Waals surface area contributed by atoms with Gasteiger partial charge in [0, 0.05) is 47.3 Å². The van der Waals surface area contributed by atoms with Crippen molar-refractivity contribution in [3.05, 3.63) is 152 Å². The van der Waals surface area contributed by atoms with Crippen molar-refractivity contribution in [3.63, 3.8) is 0 Å². The van der Waals surface area contributed by atoms with Crippen LogP contribution in [0.25, 0.3) is 108 Å². The molecule has 0 unspecified atom stereocenters. The van der Waals surface area contributed by atoms with E-state index in [9.17, 15) is 0 Å². The molecular weight excluding hydrogens is 631 g/mol. The summed E-state index contributed by atoms with van der Waals surface area (Å²) >= 11 is 1.83. The van der Waals surface area contributed by atoms with Gasteiger partial charge >= 0.3 is 0 Å². The minimum atomic E-state index is 0.613. The first-order valence-corrected chi connectivity index (χ1v) is 17.5. The Morgan fingerprint density at radius 1 is 0.400 bits per heavy atom. The molecule has 0 atom stereocenters. The van der Waals surface area contributed by atoms with Gasteiger partial charge in [-0.1, -0.05) is 109 Å². The molecule has 7 aromatic carbocycles. The monoisotopic (exact) mass is 655 g/mol. The van der Waals surface area contributed by atoms with Crippen molar-refractivity contribution < 1.29 is 4.42 Å². The summed E-state index contributed by atoms with van der Waals surface area (Å²) < 4.78 is 8.99. The smallest absolute Gasteiger partial charge is 0.164 e. The van der Waals surface area contributed by atoms with Crippen molar-refractivity contribution >= 4 is 97.1 Å². The third kappa shape index (κ3) is 4.14. The number of benzene rings is 7. The van der Waals surface area contributed by atoms with Crippen LogP contribution in [0.4, 0.5) is 0 Å². The highest BCUT2D eigenvalue weighted by molar-refractivity contribution is 7.25. The van der Waals surface area contributed by atoms with Crippen molar-refractivity contribution in [2.24, 2.45) is 0 Å². The molecule has 0 spiro atoms. The Kier molecular flexibility index (Phi) is 5.80. The van der Waals surface area contributed by atoms with Crippen molar-refractivity contribution in [1.29, 1.82) is 0 Å². The van der Waals surface area contributed by atoms with Gasteiger partial charge in [-0.3, -0.25) is 0 Å². The molecule has 0 aliphatic rings. The van der Waals surface area contributed by atoms with Crippen LogP contribution in [0.5, 0.6) is 0 Å². The van der Waals surface area contributed by atoms with E-state index in [-0.39, 0.29) is 0 Å². The Bertz CT molecular complexity index is 3230. The topological polar surface area (TPSA) is 51.8 Å². The van der Waals surface area contributed by atoms with E-state index in [1.165, 1.54) is 25.7 Å². The van der Waals surface area contributed by atoms with Crippen LogP contribution in [0.3, 0.4) is 0 Å². The highest BCUT2D eigenvalue weighted by atomic mass is 32.1. The first-order chi connectivity index (χ1) is 24.7. The van der Waals surface area contributed by atoms with Gasteiger partial charge in [0.1, 0.15) is 11.2 Å². The molecule has 11 aromatic rings. The van der Waals surface area contributed by atoms with Crippen molar-refractivity contribution in [3.8, 4) is 22.5 Å². The number of furan rings is 1. The van der Waals surface area contributed by atoms with E-state index in [4.69, 9.17) is 19.4 Å². The molecule has 0 saturated carbocycles. The van der Waals surface area contributed by atoms with Crippen LogP contribution in [0, 0.1) is 0 Å². The summed E-state index contributed by atoms with van der Waals surface area (Å²) in [5.74, 6) is 0.625. The minimum Gasteiger partial charge on any atom is -0.456 e. The molecule has 4 nitrogen and oxygen atoms in total. The van der Waals surface area contributed by atoms with Crippen LogP contribution in [0.2, 0.25) is 0 Å². The maximum Gasteiger partial charge on any atom is 0.164 e. The number of aromatic nitrogens is 3. The lowest BCUT2D eigenvalue weighted by Crippen LogP contribution is -1.95. The Hall–Kier alpha value is -6.43. The second-order valence-electron chi connectivity index (χ2n) is 12.8. The maximum atomic E-state index is 6.42.